The molecule has 2 atom stereocenters. The number of carbonyl (C=O) groups excluding carboxylic acids is 1. The molecule has 0 saturated heterocycles. The molecule has 0 aliphatic carbocycles. The van der Waals surface area contributed by atoms with Gasteiger partial charge in [-0.15, -0.1) is 0 Å². The van der Waals surface area contributed by atoms with E-state index in [1.807, 2.05) is 32.0 Å². The Hall–Kier alpha value is -1.10. The van der Waals surface area contributed by atoms with Gasteiger partial charge in [0.1, 0.15) is 0 Å². The number of benzene rings is 1. The van der Waals surface area contributed by atoms with Crippen LogP contribution in [0.3, 0.4) is 0 Å². The molecule has 0 aliphatic rings. The molecule has 0 heterocycles. The van der Waals surface area contributed by atoms with Crippen molar-refractivity contribution in [2.45, 2.75) is 31.9 Å². The highest BCUT2D eigenvalue weighted by molar-refractivity contribution is 6.31. The number of aliphatic hydroxyl groups excluding tert-OH is 1. The van der Waals surface area contributed by atoms with Crippen LogP contribution in [0.5, 0.6) is 0 Å². The van der Waals surface area contributed by atoms with E-state index in [0.29, 0.717) is 10.6 Å². The second-order valence-electron chi connectivity index (χ2n) is 5.05. The number of hydrogen-bond donors (Lipinski definition) is 2. The minimum atomic E-state index is -0.794. The number of nitrogens with one attached hydrogen (secondary N) is 1. The number of rotatable bonds is 7. The van der Waals surface area contributed by atoms with Gasteiger partial charge >= 0.3 is 0 Å². The number of likely N-dealkylation sites (N-methyl/N-ethyl adjacent to an activating group) is 1. The summed E-state index contributed by atoms with van der Waals surface area (Å²) in [5, 5.41) is 13.4. The van der Waals surface area contributed by atoms with Crippen molar-refractivity contribution in [2.24, 2.45) is 0 Å². The standard InChI is InChI=1S/C15H23ClN2O2/c1-4-7-13(18(2)3)15(20)17-10-14(19)11-8-5-6-9-12(11)16/h5-6,8-9,13-14,19H,4,7,10H2,1-3H3,(H,17,20). The van der Waals surface area contributed by atoms with E-state index in [-0.39, 0.29) is 18.5 Å². The summed E-state index contributed by atoms with van der Waals surface area (Å²) >= 11 is 6.02. The highest BCUT2D eigenvalue weighted by atomic mass is 35.5. The van der Waals surface area contributed by atoms with Crippen LogP contribution in [0.1, 0.15) is 31.4 Å². The summed E-state index contributed by atoms with van der Waals surface area (Å²) in [6.45, 7) is 2.21. The number of halogens is 1. The Morgan fingerprint density at radius 1 is 1.40 bits per heavy atom. The van der Waals surface area contributed by atoms with Crippen molar-refractivity contribution in [1.82, 2.24) is 10.2 Å². The molecule has 0 saturated carbocycles. The summed E-state index contributed by atoms with van der Waals surface area (Å²) in [6, 6.07) is 6.93. The number of aliphatic hydroxyl groups is 1. The fourth-order valence-electron chi connectivity index (χ4n) is 2.07. The molecule has 1 amide bonds. The zero-order valence-electron chi connectivity index (χ0n) is 12.3. The van der Waals surface area contributed by atoms with E-state index >= 15 is 0 Å². The quantitative estimate of drug-likeness (QED) is 0.811. The molecule has 5 heteroatoms. The maximum Gasteiger partial charge on any atom is 0.237 e. The lowest BCUT2D eigenvalue weighted by Gasteiger charge is -2.23. The van der Waals surface area contributed by atoms with Crippen LogP contribution in [0.4, 0.5) is 0 Å². The molecular weight excluding hydrogens is 276 g/mol. The van der Waals surface area contributed by atoms with Gasteiger partial charge < -0.3 is 10.4 Å². The van der Waals surface area contributed by atoms with Gasteiger partial charge in [-0.25, -0.2) is 0 Å². The van der Waals surface area contributed by atoms with Gasteiger partial charge in [0, 0.05) is 17.1 Å². The van der Waals surface area contributed by atoms with Gasteiger partial charge in [-0.3, -0.25) is 9.69 Å². The first-order valence-corrected chi connectivity index (χ1v) is 7.21. The lowest BCUT2D eigenvalue weighted by molar-refractivity contribution is -0.126. The Morgan fingerprint density at radius 2 is 2.05 bits per heavy atom. The number of amides is 1. The Kier molecular flexibility index (Phi) is 6.99. The Labute approximate surface area is 125 Å². The SMILES string of the molecule is CCCC(C(=O)NCC(O)c1ccccc1Cl)N(C)C. The molecule has 0 radical (unpaired) electrons. The molecule has 0 fully saturated rings. The Bertz CT molecular complexity index is 438. The fraction of sp³-hybridized carbons (Fsp3) is 0.533. The Morgan fingerprint density at radius 3 is 2.60 bits per heavy atom. The lowest BCUT2D eigenvalue weighted by Crippen LogP contribution is -2.44. The van der Waals surface area contributed by atoms with Gasteiger partial charge in [-0.05, 0) is 26.6 Å². The molecule has 1 aromatic rings. The monoisotopic (exact) mass is 298 g/mol. The predicted molar refractivity (Wildman–Crippen MR) is 81.8 cm³/mol. The molecule has 112 valence electrons. The first-order chi connectivity index (χ1) is 9.47. The third kappa shape index (κ3) is 4.78. The van der Waals surface area contributed by atoms with E-state index < -0.39 is 6.10 Å². The van der Waals surface area contributed by atoms with Gasteiger partial charge in [-0.2, -0.15) is 0 Å². The van der Waals surface area contributed by atoms with Crippen LogP contribution >= 0.6 is 11.6 Å². The smallest absolute Gasteiger partial charge is 0.237 e. The zero-order chi connectivity index (χ0) is 15.1. The fourth-order valence-corrected chi connectivity index (χ4v) is 2.33. The highest BCUT2D eigenvalue weighted by Crippen LogP contribution is 2.21. The summed E-state index contributed by atoms with van der Waals surface area (Å²) in [6.07, 6.45) is 0.932. The lowest BCUT2D eigenvalue weighted by atomic mass is 10.1. The minimum absolute atomic E-state index is 0.0667. The van der Waals surface area contributed by atoms with Crippen molar-refractivity contribution in [1.29, 1.82) is 0 Å². The molecule has 0 aromatic heterocycles. The summed E-state index contributed by atoms with van der Waals surface area (Å²) in [5.74, 6) is -0.0667. The third-order valence-electron chi connectivity index (χ3n) is 3.22. The van der Waals surface area contributed by atoms with Crippen LogP contribution in [0.25, 0.3) is 0 Å². The maximum absolute atomic E-state index is 12.1. The van der Waals surface area contributed by atoms with Crippen LogP contribution in [-0.2, 0) is 4.79 Å². The molecule has 1 rings (SSSR count). The van der Waals surface area contributed by atoms with Gasteiger partial charge in [-0.1, -0.05) is 43.1 Å². The van der Waals surface area contributed by atoms with Crippen LogP contribution in [0.2, 0.25) is 5.02 Å². The molecule has 2 unspecified atom stereocenters. The van der Waals surface area contributed by atoms with E-state index in [4.69, 9.17) is 11.6 Å². The van der Waals surface area contributed by atoms with Crippen molar-refractivity contribution in [3.05, 3.63) is 34.9 Å². The van der Waals surface area contributed by atoms with Crippen molar-refractivity contribution >= 4 is 17.5 Å². The molecular formula is C15H23ClN2O2. The molecule has 0 bridgehead atoms. The zero-order valence-corrected chi connectivity index (χ0v) is 13.0. The topological polar surface area (TPSA) is 52.6 Å². The summed E-state index contributed by atoms with van der Waals surface area (Å²) in [4.78, 5) is 14.0. The first kappa shape index (κ1) is 17.0. The van der Waals surface area contributed by atoms with Gasteiger partial charge in [0.05, 0.1) is 12.1 Å². The summed E-state index contributed by atoms with van der Waals surface area (Å²) < 4.78 is 0. The van der Waals surface area contributed by atoms with Crippen LogP contribution < -0.4 is 5.32 Å². The number of carbonyl (C=O) groups is 1. The van der Waals surface area contributed by atoms with Crippen LogP contribution in [0.15, 0.2) is 24.3 Å². The molecule has 2 N–H and O–H groups in total. The normalized spacial score (nSPS) is 14.1. The summed E-state index contributed by atoms with van der Waals surface area (Å²) in [5.41, 5.74) is 0.631. The highest BCUT2D eigenvalue weighted by Gasteiger charge is 2.20. The first-order valence-electron chi connectivity index (χ1n) is 6.84. The Balaban J connectivity index is 2.58. The van der Waals surface area contributed by atoms with Crippen LogP contribution in [-0.4, -0.2) is 42.6 Å². The van der Waals surface area contributed by atoms with Gasteiger partial charge in [0.2, 0.25) is 5.91 Å². The van der Waals surface area contributed by atoms with Crippen molar-refractivity contribution in [3.63, 3.8) is 0 Å². The van der Waals surface area contributed by atoms with Crippen LogP contribution in [0, 0.1) is 0 Å². The molecule has 0 spiro atoms. The second kappa shape index (κ2) is 8.25. The van der Waals surface area contributed by atoms with Crippen molar-refractivity contribution in [2.75, 3.05) is 20.6 Å². The van der Waals surface area contributed by atoms with Gasteiger partial charge in [0.15, 0.2) is 0 Å². The van der Waals surface area contributed by atoms with E-state index in [0.717, 1.165) is 12.8 Å². The molecule has 1 aromatic carbocycles. The van der Waals surface area contributed by atoms with Crippen molar-refractivity contribution in [3.8, 4) is 0 Å². The predicted octanol–water partition coefficient (Wildman–Crippen LogP) is 2.22. The third-order valence-corrected chi connectivity index (χ3v) is 3.57. The van der Waals surface area contributed by atoms with E-state index in [9.17, 15) is 9.90 Å². The summed E-state index contributed by atoms with van der Waals surface area (Å²) in [7, 11) is 3.76. The second-order valence-corrected chi connectivity index (χ2v) is 5.46. The molecule has 20 heavy (non-hydrogen) atoms. The maximum atomic E-state index is 12.1. The number of nitrogens with zero attached hydrogens (tertiary/aromatic N) is 1. The van der Waals surface area contributed by atoms with E-state index in [1.54, 1.807) is 18.2 Å². The molecule has 0 aliphatic heterocycles. The van der Waals surface area contributed by atoms with E-state index in [2.05, 4.69) is 5.32 Å². The van der Waals surface area contributed by atoms with Crippen molar-refractivity contribution < 1.29 is 9.90 Å². The average Bonchev–Trinajstić information content (AvgIpc) is 2.42. The van der Waals surface area contributed by atoms with Gasteiger partial charge in [0.25, 0.3) is 0 Å². The van der Waals surface area contributed by atoms with E-state index in [1.165, 1.54) is 0 Å². The number of hydrogen-bond acceptors (Lipinski definition) is 3. The molecule has 4 nitrogen and oxygen atoms in total. The average molecular weight is 299 g/mol. The largest absolute Gasteiger partial charge is 0.387 e. The minimum Gasteiger partial charge on any atom is -0.387 e.